The van der Waals surface area contributed by atoms with Crippen molar-refractivity contribution in [3.8, 4) is 0 Å². The van der Waals surface area contributed by atoms with Gasteiger partial charge in [-0.2, -0.15) is 0 Å². The average molecular weight is 121 g/mol. The van der Waals surface area contributed by atoms with E-state index in [1.807, 2.05) is 0 Å². The van der Waals surface area contributed by atoms with Crippen molar-refractivity contribution in [3.63, 3.8) is 0 Å². The number of hydrogen-bond donors (Lipinski definition) is 0. The number of nitrogens with zero attached hydrogens (tertiary/aromatic N) is 1. The third kappa shape index (κ3) is 1.57. The topological polar surface area (TPSA) is 26.0 Å². The van der Waals surface area contributed by atoms with Crippen LogP contribution in [0, 0.1) is 0 Å². The molecule has 0 aliphatic carbocycles. The fourth-order valence-corrected chi connectivity index (χ4v) is 0.467. The maximum atomic E-state index is 4.89. The van der Waals surface area contributed by atoms with Crippen LogP contribution >= 0.6 is 0 Å². The molecule has 0 saturated heterocycles. The summed E-state index contributed by atoms with van der Waals surface area (Å²) in [6, 6.07) is 0. The summed E-state index contributed by atoms with van der Waals surface area (Å²) in [7, 11) is 0. The second-order valence-electron chi connectivity index (χ2n) is 1.47. The lowest BCUT2D eigenvalue weighted by Gasteiger charge is -1.75. The van der Waals surface area contributed by atoms with Crippen LogP contribution in [0.5, 0.6) is 0 Å². The predicted octanol–water partition coefficient (Wildman–Crippen LogP) is 1.87. The van der Waals surface area contributed by atoms with Crippen molar-refractivity contribution in [3.05, 3.63) is 37.1 Å². The minimum Gasteiger partial charge on any atom is -0.445 e. The molecule has 0 atom stereocenters. The quantitative estimate of drug-likeness (QED) is 0.558. The summed E-state index contributed by atoms with van der Waals surface area (Å²) in [6.45, 7) is 3.50. The van der Waals surface area contributed by atoms with Gasteiger partial charge in [0.15, 0.2) is 0 Å². The molecule has 1 rings (SSSR count). The normalized spacial score (nSPS) is 10.2. The van der Waals surface area contributed by atoms with Crippen LogP contribution in [0.25, 0.3) is 6.08 Å². The highest BCUT2D eigenvalue weighted by molar-refractivity contribution is 5.39. The molecule has 1 aromatic heterocycles. The molecule has 1 heterocycles. The Labute approximate surface area is 53.5 Å². The van der Waals surface area contributed by atoms with E-state index in [-0.39, 0.29) is 0 Å². The summed E-state index contributed by atoms with van der Waals surface area (Å²) in [5.41, 5.74) is 0. The van der Waals surface area contributed by atoms with E-state index in [0.717, 1.165) is 0 Å². The van der Waals surface area contributed by atoms with Crippen molar-refractivity contribution in [1.29, 1.82) is 0 Å². The molecule has 2 heteroatoms. The van der Waals surface area contributed by atoms with Crippen LogP contribution in [0.3, 0.4) is 0 Å². The van der Waals surface area contributed by atoms with Crippen LogP contribution in [0.1, 0.15) is 5.89 Å². The van der Waals surface area contributed by atoms with Gasteiger partial charge in [0.05, 0.1) is 6.20 Å². The Morgan fingerprint density at radius 3 is 3.11 bits per heavy atom. The first-order valence-corrected chi connectivity index (χ1v) is 2.62. The van der Waals surface area contributed by atoms with Crippen LogP contribution in [0.4, 0.5) is 0 Å². The molecule has 0 saturated carbocycles. The third-order valence-electron chi connectivity index (χ3n) is 0.826. The predicted molar refractivity (Wildman–Crippen MR) is 35.7 cm³/mol. The summed E-state index contributed by atoms with van der Waals surface area (Å²) in [6.07, 6.45) is 8.31. The Kier molecular flexibility index (Phi) is 1.85. The maximum absolute atomic E-state index is 4.89. The summed E-state index contributed by atoms with van der Waals surface area (Å²) in [4.78, 5) is 3.85. The van der Waals surface area contributed by atoms with Gasteiger partial charge in [-0.1, -0.05) is 18.7 Å². The second kappa shape index (κ2) is 2.87. The van der Waals surface area contributed by atoms with Gasteiger partial charge in [-0.15, -0.1) is 0 Å². The van der Waals surface area contributed by atoms with Gasteiger partial charge in [-0.3, -0.25) is 0 Å². The Bertz CT molecular complexity index is 199. The Hall–Kier alpha value is -1.31. The van der Waals surface area contributed by atoms with E-state index in [9.17, 15) is 0 Å². The first-order chi connectivity index (χ1) is 4.43. The van der Waals surface area contributed by atoms with Crippen LogP contribution in [0.2, 0.25) is 0 Å². The molecular weight excluding hydrogens is 114 g/mol. The van der Waals surface area contributed by atoms with E-state index < -0.39 is 0 Å². The van der Waals surface area contributed by atoms with Gasteiger partial charge >= 0.3 is 0 Å². The average Bonchev–Trinajstić information content (AvgIpc) is 2.34. The SMILES string of the molecule is C=CC=Cc1ncco1. The first kappa shape index (κ1) is 5.82. The van der Waals surface area contributed by atoms with Crippen molar-refractivity contribution < 1.29 is 4.42 Å². The number of allylic oxidation sites excluding steroid dienone is 2. The van der Waals surface area contributed by atoms with Gasteiger partial charge in [0.25, 0.3) is 0 Å². The zero-order valence-corrected chi connectivity index (χ0v) is 4.95. The molecule has 0 fully saturated rings. The zero-order valence-electron chi connectivity index (χ0n) is 4.95. The van der Waals surface area contributed by atoms with Gasteiger partial charge in [0.2, 0.25) is 5.89 Å². The van der Waals surface area contributed by atoms with E-state index in [1.54, 1.807) is 24.4 Å². The molecule has 1 aromatic rings. The lowest BCUT2D eigenvalue weighted by Crippen LogP contribution is -1.63. The summed E-state index contributed by atoms with van der Waals surface area (Å²) < 4.78 is 4.89. The standard InChI is InChI=1S/C7H7NO/c1-2-3-4-7-8-5-6-9-7/h2-6H,1H2. The van der Waals surface area contributed by atoms with E-state index >= 15 is 0 Å². The number of aromatic nitrogens is 1. The summed E-state index contributed by atoms with van der Waals surface area (Å²) in [5, 5.41) is 0. The first-order valence-electron chi connectivity index (χ1n) is 2.62. The van der Waals surface area contributed by atoms with E-state index in [2.05, 4.69) is 11.6 Å². The highest BCUT2D eigenvalue weighted by Crippen LogP contribution is 1.95. The van der Waals surface area contributed by atoms with Crippen molar-refractivity contribution in [2.75, 3.05) is 0 Å². The molecule has 0 radical (unpaired) electrons. The highest BCUT2D eigenvalue weighted by atomic mass is 16.3. The summed E-state index contributed by atoms with van der Waals surface area (Å²) >= 11 is 0. The fraction of sp³-hybridized carbons (Fsp3) is 0. The number of rotatable bonds is 2. The van der Waals surface area contributed by atoms with Gasteiger partial charge < -0.3 is 4.42 Å². The Balaban J connectivity index is 2.67. The Morgan fingerprint density at radius 1 is 1.67 bits per heavy atom. The molecule has 2 nitrogen and oxygen atoms in total. The van der Waals surface area contributed by atoms with Gasteiger partial charge in [0.1, 0.15) is 6.26 Å². The van der Waals surface area contributed by atoms with Crippen LogP contribution < -0.4 is 0 Å². The van der Waals surface area contributed by atoms with Crippen LogP contribution in [-0.4, -0.2) is 4.98 Å². The van der Waals surface area contributed by atoms with Gasteiger partial charge in [-0.25, -0.2) is 4.98 Å². The number of oxazole rings is 1. The van der Waals surface area contributed by atoms with E-state index in [4.69, 9.17) is 4.42 Å². The van der Waals surface area contributed by atoms with Crippen molar-refractivity contribution in [1.82, 2.24) is 4.98 Å². The number of hydrogen-bond acceptors (Lipinski definition) is 2. The summed E-state index contributed by atoms with van der Waals surface area (Å²) in [5.74, 6) is 0.606. The maximum Gasteiger partial charge on any atom is 0.218 e. The second-order valence-corrected chi connectivity index (χ2v) is 1.47. The van der Waals surface area contributed by atoms with Crippen molar-refractivity contribution in [2.24, 2.45) is 0 Å². The highest BCUT2D eigenvalue weighted by Gasteiger charge is 1.84. The van der Waals surface area contributed by atoms with Gasteiger partial charge in [-0.05, 0) is 0 Å². The third-order valence-corrected chi connectivity index (χ3v) is 0.826. The van der Waals surface area contributed by atoms with E-state index in [0.29, 0.717) is 5.89 Å². The molecule has 0 spiro atoms. The van der Waals surface area contributed by atoms with E-state index in [1.165, 1.54) is 6.26 Å². The lowest BCUT2D eigenvalue weighted by atomic mass is 10.5. The monoisotopic (exact) mass is 121 g/mol. The molecular formula is C7H7NO. The molecule has 0 N–H and O–H groups in total. The largest absolute Gasteiger partial charge is 0.445 e. The van der Waals surface area contributed by atoms with Crippen LogP contribution in [-0.2, 0) is 0 Å². The molecule has 0 bridgehead atoms. The smallest absolute Gasteiger partial charge is 0.218 e. The molecule has 46 valence electrons. The van der Waals surface area contributed by atoms with Crippen molar-refractivity contribution in [2.45, 2.75) is 0 Å². The molecule has 0 amide bonds. The zero-order chi connectivity index (χ0) is 6.53. The molecule has 0 aliphatic rings. The van der Waals surface area contributed by atoms with Crippen molar-refractivity contribution >= 4 is 6.08 Å². The fourth-order valence-electron chi connectivity index (χ4n) is 0.467. The molecule has 0 unspecified atom stereocenters. The Morgan fingerprint density at radius 2 is 2.56 bits per heavy atom. The minimum absolute atomic E-state index is 0.606. The molecule has 9 heavy (non-hydrogen) atoms. The minimum atomic E-state index is 0.606. The van der Waals surface area contributed by atoms with Gasteiger partial charge in [0, 0.05) is 6.08 Å². The molecule has 0 aromatic carbocycles. The lowest BCUT2D eigenvalue weighted by molar-refractivity contribution is 0.546. The molecule has 0 aliphatic heterocycles. The van der Waals surface area contributed by atoms with Crippen LogP contribution in [0.15, 0.2) is 35.6 Å².